The molecule has 0 fully saturated rings. The number of carbonyl (C=O) groups is 1. The fourth-order valence-electron chi connectivity index (χ4n) is 3.24. The number of nitrogens with zero attached hydrogens (tertiary/aromatic N) is 3. The van der Waals surface area contributed by atoms with Gasteiger partial charge in [-0.3, -0.25) is 9.59 Å². The molecule has 8 heteroatoms. The molecule has 0 spiro atoms. The monoisotopic (exact) mass is 365 g/mol. The van der Waals surface area contributed by atoms with Crippen molar-refractivity contribution in [1.29, 1.82) is 0 Å². The van der Waals surface area contributed by atoms with Gasteiger partial charge < -0.3 is 14.7 Å². The quantitative estimate of drug-likeness (QED) is 0.738. The summed E-state index contributed by atoms with van der Waals surface area (Å²) in [5, 5.41) is 13.6. The Labute approximate surface area is 155 Å². The second kappa shape index (κ2) is 6.71. The van der Waals surface area contributed by atoms with Gasteiger partial charge in [-0.15, -0.1) is 0 Å². The normalized spacial score (nSPS) is 13.3. The number of aryl methyl sites for hydroxylation is 2. The molecule has 1 aromatic carbocycles. The summed E-state index contributed by atoms with van der Waals surface area (Å²) in [7, 11) is 0. The van der Waals surface area contributed by atoms with Gasteiger partial charge in [0.05, 0.1) is 12.1 Å². The third kappa shape index (κ3) is 3.21. The maximum Gasteiger partial charge on any atom is 0.274 e. The van der Waals surface area contributed by atoms with Crippen molar-refractivity contribution in [2.24, 2.45) is 0 Å². The number of anilines is 2. The molecule has 0 atom stereocenters. The van der Waals surface area contributed by atoms with Crippen LogP contribution in [0, 0.1) is 13.8 Å². The molecular formula is C19H19N5O3. The molecule has 0 saturated carbocycles. The number of fused-ring (bicyclic) bond motifs is 1. The molecule has 3 aromatic rings. The van der Waals surface area contributed by atoms with E-state index < -0.39 is 0 Å². The summed E-state index contributed by atoms with van der Waals surface area (Å²) in [4.78, 5) is 25.5. The van der Waals surface area contributed by atoms with Gasteiger partial charge in [0, 0.05) is 24.7 Å². The smallest absolute Gasteiger partial charge is 0.274 e. The van der Waals surface area contributed by atoms with E-state index in [1.54, 1.807) is 4.90 Å². The predicted molar refractivity (Wildman–Crippen MR) is 99.0 cm³/mol. The summed E-state index contributed by atoms with van der Waals surface area (Å²) >= 11 is 0. The number of nitrogens with one attached hydrogen (secondary N) is 2. The van der Waals surface area contributed by atoms with Crippen molar-refractivity contribution in [1.82, 2.24) is 20.3 Å². The van der Waals surface area contributed by atoms with Gasteiger partial charge in [0.1, 0.15) is 11.5 Å². The van der Waals surface area contributed by atoms with E-state index >= 15 is 0 Å². The second-order valence-corrected chi connectivity index (χ2v) is 6.61. The molecule has 2 N–H and O–H groups in total. The molecule has 1 aliphatic heterocycles. The first-order chi connectivity index (χ1) is 13.0. The van der Waals surface area contributed by atoms with E-state index in [-0.39, 0.29) is 17.2 Å². The van der Waals surface area contributed by atoms with Crippen LogP contribution in [0.3, 0.4) is 0 Å². The van der Waals surface area contributed by atoms with Crippen molar-refractivity contribution in [3.63, 3.8) is 0 Å². The molecular weight excluding hydrogens is 346 g/mol. The third-order valence-electron chi connectivity index (χ3n) is 4.74. The zero-order chi connectivity index (χ0) is 19.0. The van der Waals surface area contributed by atoms with Gasteiger partial charge in [-0.1, -0.05) is 23.4 Å². The summed E-state index contributed by atoms with van der Waals surface area (Å²) in [6.45, 7) is 4.93. The average molecular weight is 365 g/mol. The molecule has 0 radical (unpaired) electrons. The Balaban J connectivity index is 1.59. The summed E-state index contributed by atoms with van der Waals surface area (Å²) in [5.41, 5.74) is 3.92. The first-order valence-corrected chi connectivity index (χ1v) is 8.68. The van der Waals surface area contributed by atoms with Crippen LogP contribution in [0.15, 0.2) is 39.6 Å². The third-order valence-corrected chi connectivity index (χ3v) is 4.74. The molecule has 4 rings (SSSR count). The Bertz CT molecular complexity index is 1030. The zero-order valence-electron chi connectivity index (χ0n) is 15.1. The zero-order valence-corrected chi connectivity index (χ0v) is 15.1. The fraction of sp³-hybridized carbons (Fsp3) is 0.263. The van der Waals surface area contributed by atoms with E-state index in [1.165, 1.54) is 12.1 Å². The highest BCUT2D eigenvalue weighted by Gasteiger charge is 2.28. The Kier molecular flexibility index (Phi) is 4.23. The first kappa shape index (κ1) is 17.0. The number of aromatic amines is 1. The SMILES string of the molecule is Cc1cccc(C)c1Nc1noc2c1CN(C(=O)c1ccc(=O)[nH]n1)CC2. The summed E-state index contributed by atoms with van der Waals surface area (Å²) in [6.07, 6.45) is 0.575. The Morgan fingerprint density at radius 1 is 1.22 bits per heavy atom. The highest BCUT2D eigenvalue weighted by atomic mass is 16.5. The number of benzene rings is 1. The van der Waals surface area contributed by atoms with E-state index in [9.17, 15) is 9.59 Å². The molecule has 1 amide bonds. The average Bonchev–Trinajstić information content (AvgIpc) is 3.07. The number of H-pyrrole nitrogens is 1. The Morgan fingerprint density at radius 3 is 2.70 bits per heavy atom. The largest absolute Gasteiger partial charge is 0.359 e. The standard InChI is InChI=1S/C19H19N5O3/c1-11-4-3-5-12(2)17(11)20-18-13-10-24(9-8-15(13)27-23-18)19(26)14-6-7-16(25)22-21-14/h3-7H,8-10H2,1-2H3,(H,20,23)(H,22,25). The molecule has 0 aliphatic carbocycles. The number of carbonyl (C=O) groups excluding carboxylic acids is 1. The lowest BCUT2D eigenvalue weighted by molar-refractivity contribution is 0.0722. The summed E-state index contributed by atoms with van der Waals surface area (Å²) in [5.74, 6) is 1.16. The van der Waals surface area contributed by atoms with Gasteiger partial charge in [0.15, 0.2) is 5.82 Å². The molecule has 3 heterocycles. The minimum Gasteiger partial charge on any atom is -0.359 e. The molecule has 27 heavy (non-hydrogen) atoms. The Hall–Kier alpha value is -3.42. The van der Waals surface area contributed by atoms with Crippen LogP contribution in [0.1, 0.15) is 32.9 Å². The lowest BCUT2D eigenvalue weighted by atomic mass is 10.1. The van der Waals surface area contributed by atoms with Crippen LogP contribution < -0.4 is 10.9 Å². The van der Waals surface area contributed by atoms with Gasteiger partial charge in [-0.25, -0.2) is 5.10 Å². The van der Waals surface area contributed by atoms with Crippen LogP contribution in [-0.2, 0) is 13.0 Å². The first-order valence-electron chi connectivity index (χ1n) is 8.68. The van der Waals surface area contributed by atoms with Crippen molar-refractivity contribution in [2.45, 2.75) is 26.8 Å². The minimum absolute atomic E-state index is 0.207. The van der Waals surface area contributed by atoms with Crippen molar-refractivity contribution >= 4 is 17.4 Å². The van der Waals surface area contributed by atoms with E-state index in [0.717, 1.165) is 28.1 Å². The number of para-hydroxylation sites is 1. The van der Waals surface area contributed by atoms with Gasteiger partial charge in [-0.05, 0) is 31.0 Å². The van der Waals surface area contributed by atoms with Crippen LogP contribution in [0.2, 0.25) is 0 Å². The van der Waals surface area contributed by atoms with Crippen LogP contribution in [0.25, 0.3) is 0 Å². The van der Waals surface area contributed by atoms with Crippen LogP contribution in [0.4, 0.5) is 11.5 Å². The van der Waals surface area contributed by atoms with Crippen LogP contribution >= 0.6 is 0 Å². The second-order valence-electron chi connectivity index (χ2n) is 6.61. The van der Waals surface area contributed by atoms with Crippen LogP contribution in [-0.4, -0.2) is 32.7 Å². The number of aromatic nitrogens is 3. The minimum atomic E-state index is -0.341. The van der Waals surface area contributed by atoms with E-state index in [4.69, 9.17) is 4.52 Å². The van der Waals surface area contributed by atoms with Gasteiger partial charge >= 0.3 is 0 Å². The van der Waals surface area contributed by atoms with Gasteiger partial charge in [0.2, 0.25) is 0 Å². The fourth-order valence-corrected chi connectivity index (χ4v) is 3.24. The van der Waals surface area contributed by atoms with E-state index in [1.807, 2.05) is 32.0 Å². The molecule has 2 aromatic heterocycles. The maximum absolute atomic E-state index is 12.7. The van der Waals surface area contributed by atoms with Crippen molar-refractivity contribution in [3.8, 4) is 0 Å². The van der Waals surface area contributed by atoms with E-state index in [0.29, 0.717) is 25.3 Å². The summed E-state index contributed by atoms with van der Waals surface area (Å²) < 4.78 is 5.47. The summed E-state index contributed by atoms with van der Waals surface area (Å²) in [6, 6.07) is 8.79. The van der Waals surface area contributed by atoms with E-state index in [2.05, 4.69) is 20.7 Å². The topological polar surface area (TPSA) is 104 Å². The van der Waals surface area contributed by atoms with Crippen molar-refractivity contribution in [3.05, 3.63) is 68.8 Å². The van der Waals surface area contributed by atoms with Gasteiger partial charge in [-0.2, -0.15) is 5.10 Å². The number of rotatable bonds is 3. The lowest BCUT2D eigenvalue weighted by Gasteiger charge is -2.26. The molecule has 0 unspecified atom stereocenters. The predicted octanol–water partition coefficient (Wildman–Crippen LogP) is 2.32. The Morgan fingerprint density at radius 2 is 2.00 bits per heavy atom. The molecule has 138 valence electrons. The van der Waals surface area contributed by atoms with Crippen molar-refractivity contribution < 1.29 is 9.32 Å². The highest BCUT2D eigenvalue weighted by Crippen LogP contribution is 2.31. The highest BCUT2D eigenvalue weighted by molar-refractivity contribution is 5.92. The number of hydrogen-bond donors (Lipinski definition) is 2. The maximum atomic E-state index is 12.7. The number of hydrogen-bond acceptors (Lipinski definition) is 6. The number of amides is 1. The van der Waals surface area contributed by atoms with Gasteiger partial charge in [0.25, 0.3) is 11.5 Å². The van der Waals surface area contributed by atoms with Crippen molar-refractivity contribution in [2.75, 3.05) is 11.9 Å². The van der Waals surface area contributed by atoms with Crippen LogP contribution in [0.5, 0.6) is 0 Å². The molecule has 1 aliphatic rings. The molecule has 0 bridgehead atoms. The lowest BCUT2D eigenvalue weighted by Crippen LogP contribution is -2.36. The molecule has 8 nitrogen and oxygen atoms in total. The molecule has 0 saturated heterocycles.